The van der Waals surface area contributed by atoms with E-state index < -0.39 is 0 Å². The van der Waals surface area contributed by atoms with E-state index in [0.29, 0.717) is 15.1 Å². The van der Waals surface area contributed by atoms with E-state index in [9.17, 15) is 0 Å². The Morgan fingerprint density at radius 1 is 0.952 bits per heavy atom. The van der Waals surface area contributed by atoms with Crippen LogP contribution in [0.5, 0.6) is 0 Å². The largest absolute Gasteiger partial charge is 0.231 e. The molecule has 1 radical (unpaired) electrons. The van der Waals surface area contributed by atoms with Gasteiger partial charge in [-0.3, -0.25) is 0 Å². The SMILES string of the molecule is Cc1[c]nn(-c2ccc(Cl)cc2Cl)c1-c1ccc(Cl)cc1. The van der Waals surface area contributed by atoms with E-state index in [1.54, 1.807) is 16.8 Å². The summed E-state index contributed by atoms with van der Waals surface area (Å²) in [5.74, 6) is 0. The quantitative estimate of drug-likeness (QED) is 0.595. The molecule has 1 aromatic heterocycles. The lowest BCUT2D eigenvalue weighted by Gasteiger charge is -2.11. The molecule has 0 fully saturated rings. The van der Waals surface area contributed by atoms with Gasteiger partial charge in [0.15, 0.2) is 0 Å². The molecule has 1 heterocycles. The second kappa shape index (κ2) is 5.72. The molecule has 105 valence electrons. The monoisotopic (exact) mass is 335 g/mol. The first kappa shape index (κ1) is 14.5. The molecule has 0 bridgehead atoms. The van der Waals surface area contributed by atoms with E-state index in [-0.39, 0.29) is 0 Å². The smallest absolute Gasteiger partial charge is 0.117 e. The Labute approximate surface area is 137 Å². The van der Waals surface area contributed by atoms with Crippen molar-refractivity contribution >= 4 is 34.8 Å². The molecule has 3 rings (SSSR count). The van der Waals surface area contributed by atoms with Crippen molar-refractivity contribution in [3.05, 3.63) is 69.3 Å². The Morgan fingerprint density at radius 3 is 2.29 bits per heavy atom. The van der Waals surface area contributed by atoms with Crippen molar-refractivity contribution in [2.75, 3.05) is 0 Å². The van der Waals surface area contributed by atoms with Crippen LogP contribution in [0.25, 0.3) is 16.9 Å². The number of halogens is 3. The highest BCUT2D eigenvalue weighted by molar-refractivity contribution is 6.35. The molecule has 0 unspecified atom stereocenters. The van der Waals surface area contributed by atoms with Crippen molar-refractivity contribution in [2.24, 2.45) is 0 Å². The maximum absolute atomic E-state index is 6.28. The van der Waals surface area contributed by atoms with Gasteiger partial charge in [0, 0.05) is 21.2 Å². The lowest BCUT2D eigenvalue weighted by atomic mass is 10.1. The molecule has 21 heavy (non-hydrogen) atoms. The molecular formula is C16H10Cl3N2. The van der Waals surface area contributed by atoms with Gasteiger partial charge in [0.05, 0.1) is 16.4 Å². The summed E-state index contributed by atoms with van der Waals surface area (Å²) < 4.78 is 1.76. The van der Waals surface area contributed by atoms with E-state index in [0.717, 1.165) is 22.5 Å². The Morgan fingerprint density at radius 2 is 1.62 bits per heavy atom. The average Bonchev–Trinajstić information content (AvgIpc) is 2.82. The zero-order valence-corrected chi connectivity index (χ0v) is 13.3. The standard InChI is InChI=1S/C16H10Cl3N2/c1-10-9-20-21(15-7-6-13(18)8-14(15)19)16(10)11-2-4-12(17)5-3-11/h2-8H,1H3. The van der Waals surface area contributed by atoms with Crippen molar-refractivity contribution in [1.29, 1.82) is 0 Å². The van der Waals surface area contributed by atoms with Gasteiger partial charge in [0.1, 0.15) is 6.20 Å². The number of rotatable bonds is 2. The van der Waals surface area contributed by atoms with E-state index in [2.05, 4.69) is 11.3 Å². The highest BCUT2D eigenvalue weighted by Crippen LogP contribution is 2.31. The van der Waals surface area contributed by atoms with Crippen LogP contribution >= 0.6 is 34.8 Å². The molecule has 0 saturated carbocycles. The molecule has 0 amide bonds. The van der Waals surface area contributed by atoms with Crippen LogP contribution in [0.2, 0.25) is 15.1 Å². The average molecular weight is 337 g/mol. The second-order valence-corrected chi connectivity index (χ2v) is 5.88. The van der Waals surface area contributed by atoms with E-state index >= 15 is 0 Å². The fourth-order valence-corrected chi connectivity index (χ4v) is 2.78. The summed E-state index contributed by atoms with van der Waals surface area (Å²) in [7, 11) is 0. The minimum Gasteiger partial charge on any atom is -0.231 e. The van der Waals surface area contributed by atoms with Gasteiger partial charge in [0.2, 0.25) is 0 Å². The molecule has 0 spiro atoms. The molecule has 2 nitrogen and oxygen atoms in total. The summed E-state index contributed by atoms with van der Waals surface area (Å²) in [5.41, 5.74) is 3.62. The first-order valence-corrected chi connectivity index (χ1v) is 7.38. The molecule has 0 atom stereocenters. The van der Waals surface area contributed by atoms with Gasteiger partial charge in [-0.2, -0.15) is 5.10 Å². The Hall–Kier alpha value is -1.48. The molecule has 0 saturated heterocycles. The van der Waals surface area contributed by atoms with Gasteiger partial charge >= 0.3 is 0 Å². The summed E-state index contributed by atoms with van der Waals surface area (Å²) in [5, 5.41) is 6.12. The lowest BCUT2D eigenvalue weighted by molar-refractivity contribution is 0.885. The van der Waals surface area contributed by atoms with Gasteiger partial charge in [0.25, 0.3) is 0 Å². The highest BCUT2D eigenvalue weighted by atomic mass is 35.5. The fourth-order valence-electron chi connectivity index (χ4n) is 2.16. The Kier molecular flexibility index (Phi) is 3.94. The number of aromatic nitrogens is 2. The number of hydrogen-bond donors (Lipinski definition) is 0. The van der Waals surface area contributed by atoms with Crippen LogP contribution in [0.1, 0.15) is 5.56 Å². The molecule has 0 aliphatic carbocycles. The summed E-state index contributed by atoms with van der Waals surface area (Å²) in [6.45, 7) is 1.96. The van der Waals surface area contributed by atoms with Crippen molar-refractivity contribution < 1.29 is 0 Å². The molecule has 0 aliphatic rings. The van der Waals surface area contributed by atoms with Crippen LogP contribution in [0.15, 0.2) is 42.5 Å². The van der Waals surface area contributed by atoms with Crippen LogP contribution in [0.4, 0.5) is 0 Å². The lowest BCUT2D eigenvalue weighted by Crippen LogP contribution is -2.00. The minimum atomic E-state index is 0.536. The van der Waals surface area contributed by atoms with Gasteiger partial charge in [-0.15, -0.1) is 0 Å². The van der Waals surface area contributed by atoms with Crippen LogP contribution in [-0.4, -0.2) is 9.78 Å². The molecule has 0 aliphatic heterocycles. The van der Waals surface area contributed by atoms with Gasteiger partial charge in [-0.05, 0) is 37.3 Å². The topological polar surface area (TPSA) is 17.8 Å². The summed E-state index contributed by atoms with van der Waals surface area (Å²) >= 11 is 18.2. The summed E-state index contributed by atoms with van der Waals surface area (Å²) in [4.78, 5) is 0. The third kappa shape index (κ3) is 2.80. The van der Waals surface area contributed by atoms with Gasteiger partial charge in [-0.25, -0.2) is 4.68 Å². The highest BCUT2D eigenvalue weighted by Gasteiger charge is 2.14. The molecule has 0 N–H and O–H groups in total. The normalized spacial score (nSPS) is 10.9. The van der Waals surface area contributed by atoms with Crippen LogP contribution in [0, 0.1) is 13.1 Å². The van der Waals surface area contributed by atoms with Crippen molar-refractivity contribution in [1.82, 2.24) is 9.78 Å². The van der Waals surface area contributed by atoms with Gasteiger partial charge in [-0.1, -0.05) is 46.9 Å². The van der Waals surface area contributed by atoms with E-state index in [4.69, 9.17) is 34.8 Å². The van der Waals surface area contributed by atoms with Crippen molar-refractivity contribution in [3.8, 4) is 16.9 Å². The van der Waals surface area contributed by atoms with Crippen molar-refractivity contribution in [2.45, 2.75) is 6.92 Å². The van der Waals surface area contributed by atoms with Crippen LogP contribution in [0.3, 0.4) is 0 Å². The zero-order chi connectivity index (χ0) is 15.0. The predicted molar refractivity (Wildman–Crippen MR) is 87.6 cm³/mol. The number of hydrogen-bond acceptors (Lipinski definition) is 1. The number of benzene rings is 2. The van der Waals surface area contributed by atoms with E-state index in [1.807, 2.05) is 37.3 Å². The molecular weight excluding hydrogens is 327 g/mol. The maximum Gasteiger partial charge on any atom is 0.117 e. The minimum absolute atomic E-state index is 0.536. The first-order valence-electron chi connectivity index (χ1n) is 6.25. The Balaban J connectivity index is 2.19. The summed E-state index contributed by atoms with van der Waals surface area (Å²) in [6.07, 6.45) is 2.98. The molecule has 5 heteroatoms. The first-order chi connectivity index (χ1) is 10.1. The number of aryl methyl sites for hydroxylation is 1. The van der Waals surface area contributed by atoms with E-state index in [1.165, 1.54) is 0 Å². The third-order valence-electron chi connectivity index (χ3n) is 3.14. The third-order valence-corrected chi connectivity index (χ3v) is 3.93. The Bertz CT molecular complexity index is 792. The predicted octanol–water partition coefficient (Wildman–Crippen LogP) is 5.61. The zero-order valence-electron chi connectivity index (χ0n) is 11.1. The number of nitrogens with zero attached hydrogens (tertiary/aromatic N) is 2. The molecule has 2 aromatic carbocycles. The van der Waals surface area contributed by atoms with Crippen LogP contribution < -0.4 is 0 Å². The second-order valence-electron chi connectivity index (χ2n) is 4.60. The summed E-state index contributed by atoms with van der Waals surface area (Å²) in [6, 6.07) is 12.9. The van der Waals surface area contributed by atoms with Crippen molar-refractivity contribution in [3.63, 3.8) is 0 Å². The van der Waals surface area contributed by atoms with Crippen LogP contribution in [-0.2, 0) is 0 Å². The maximum atomic E-state index is 6.28. The van der Waals surface area contributed by atoms with Gasteiger partial charge < -0.3 is 0 Å². The fraction of sp³-hybridized carbons (Fsp3) is 0.0625. The molecule has 3 aromatic rings.